The highest BCUT2D eigenvalue weighted by molar-refractivity contribution is 6.30. The molecular formula is C23H26ClN7O3. The summed E-state index contributed by atoms with van der Waals surface area (Å²) < 4.78 is 11.2. The number of rotatable bonds is 8. The number of carbonyl (C=O) groups is 1. The van der Waals surface area contributed by atoms with Crippen LogP contribution in [-0.4, -0.2) is 60.4 Å². The number of anilines is 4. The first-order valence-corrected chi connectivity index (χ1v) is 11.3. The maximum Gasteiger partial charge on any atom is 0.323 e. The molecule has 2 heterocycles. The first-order chi connectivity index (χ1) is 16.5. The number of carbonyl (C=O) groups excluding carboxylic acids is 1. The number of aromatic nitrogens is 3. The van der Waals surface area contributed by atoms with Gasteiger partial charge in [0.25, 0.3) is 0 Å². The Labute approximate surface area is 202 Å². The molecular weight excluding hydrogens is 458 g/mol. The highest BCUT2D eigenvalue weighted by Crippen LogP contribution is 2.20. The normalized spacial score (nSPS) is 13.3. The van der Waals surface area contributed by atoms with Crippen molar-refractivity contribution in [3.8, 4) is 6.01 Å². The maximum atomic E-state index is 12.1. The Morgan fingerprint density at radius 3 is 2.47 bits per heavy atom. The molecule has 1 aromatic heterocycles. The summed E-state index contributed by atoms with van der Waals surface area (Å²) in [5, 5.41) is 9.26. The molecule has 3 aromatic rings. The molecule has 1 aliphatic heterocycles. The minimum atomic E-state index is -0.350. The van der Waals surface area contributed by atoms with Crippen LogP contribution in [0.2, 0.25) is 5.02 Å². The van der Waals surface area contributed by atoms with Gasteiger partial charge in [-0.3, -0.25) is 0 Å². The fraction of sp³-hybridized carbons (Fsp3) is 0.304. The van der Waals surface area contributed by atoms with Crippen molar-refractivity contribution in [1.82, 2.24) is 20.3 Å². The molecule has 0 aliphatic carbocycles. The Morgan fingerprint density at radius 2 is 1.74 bits per heavy atom. The van der Waals surface area contributed by atoms with Crippen LogP contribution >= 0.6 is 11.6 Å². The van der Waals surface area contributed by atoms with Gasteiger partial charge in [0.2, 0.25) is 11.9 Å². The molecule has 0 bridgehead atoms. The largest absolute Gasteiger partial charge is 0.461 e. The van der Waals surface area contributed by atoms with Gasteiger partial charge >= 0.3 is 12.0 Å². The first kappa shape index (κ1) is 23.5. The van der Waals surface area contributed by atoms with Crippen molar-refractivity contribution >= 4 is 40.9 Å². The van der Waals surface area contributed by atoms with E-state index in [-0.39, 0.29) is 25.2 Å². The van der Waals surface area contributed by atoms with Gasteiger partial charge in [-0.1, -0.05) is 29.3 Å². The summed E-state index contributed by atoms with van der Waals surface area (Å²) >= 11 is 5.86. The smallest absolute Gasteiger partial charge is 0.323 e. The van der Waals surface area contributed by atoms with E-state index < -0.39 is 0 Å². The van der Waals surface area contributed by atoms with Gasteiger partial charge in [-0.25, -0.2) is 4.79 Å². The third-order valence-electron chi connectivity index (χ3n) is 4.93. The average Bonchev–Trinajstić information content (AvgIpc) is 2.85. The van der Waals surface area contributed by atoms with E-state index in [1.54, 1.807) is 24.3 Å². The van der Waals surface area contributed by atoms with E-state index in [0.29, 0.717) is 48.9 Å². The molecule has 1 aliphatic rings. The van der Waals surface area contributed by atoms with Gasteiger partial charge in [0.15, 0.2) is 0 Å². The number of hydrogen-bond acceptors (Lipinski definition) is 8. The Balaban J connectivity index is 1.36. The minimum absolute atomic E-state index is 0.172. The third kappa shape index (κ3) is 6.93. The summed E-state index contributed by atoms with van der Waals surface area (Å²) in [7, 11) is 0. The second-order valence-corrected chi connectivity index (χ2v) is 8.00. The number of benzene rings is 2. The van der Waals surface area contributed by atoms with Crippen LogP contribution in [0, 0.1) is 6.92 Å². The molecule has 2 aromatic carbocycles. The topological polar surface area (TPSA) is 114 Å². The van der Waals surface area contributed by atoms with Gasteiger partial charge in [0.1, 0.15) is 6.61 Å². The summed E-state index contributed by atoms with van der Waals surface area (Å²) in [5.74, 6) is 0.889. The zero-order valence-corrected chi connectivity index (χ0v) is 19.5. The average molecular weight is 484 g/mol. The van der Waals surface area contributed by atoms with E-state index in [9.17, 15) is 4.79 Å². The Hall–Kier alpha value is -3.63. The number of amides is 2. The number of ether oxygens (including phenoxy) is 2. The van der Waals surface area contributed by atoms with Crippen LogP contribution in [0.4, 0.5) is 28.1 Å². The van der Waals surface area contributed by atoms with E-state index in [1.807, 2.05) is 36.1 Å². The predicted octanol–water partition coefficient (Wildman–Crippen LogP) is 3.61. The summed E-state index contributed by atoms with van der Waals surface area (Å²) in [4.78, 5) is 27.5. The molecule has 0 spiro atoms. The van der Waals surface area contributed by atoms with Crippen LogP contribution in [0.5, 0.6) is 6.01 Å². The summed E-state index contributed by atoms with van der Waals surface area (Å²) in [6.07, 6.45) is 0. The molecule has 1 saturated heterocycles. The van der Waals surface area contributed by atoms with Gasteiger partial charge in [-0.05, 0) is 43.3 Å². The Kier molecular flexibility index (Phi) is 7.95. The number of morpholine rings is 1. The van der Waals surface area contributed by atoms with E-state index in [1.165, 1.54) is 0 Å². The molecule has 178 valence electrons. The molecule has 0 radical (unpaired) electrons. The number of nitrogens with one attached hydrogen (secondary N) is 3. The van der Waals surface area contributed by atoms with Crippen LogP contribution in [0.15, 0.2) is 48.5 Å². The van der Waals surface area contributed by atoms with Crippen LogP contribution in [0.1, 0.15) is 5.56 Å². The fourth-order valence-electron chi connectivity index (χ4n) is 3.15. The number of halogens is 1. The molecule has 0 atom stereocenters. The molecule has 1 fully saturated rings. The number of nitrogens with zero attached hydrogens (tertiary/aromatic N) is 4. The zero-order valence-electron chi connectivity index (χ0n) is 18.8. The van der Waals surface area contributed by atoms with Gasteiger partial charge in [0, 0.05) is 29.5 Å². The third-order valence-corrected chi connectivity index (χ3v) is 5.18. The molecule has 34 heavy (non-hydrogen) atoms. The summed E-state index contributed by atoms with van der Waals surface area (Å²) in [5.41, 5.74) is 2.66. The van der Waals surface area contributed by atoms with E-state index >= 15 is 0 Å². The zero-order chi connectivity index (χ0) is 23.8. The number of hydrogen-bond donors (Lipinski definition) is 3. The van der Waals surface area contributed by atoms with Crippen LogP contribution in [0.3, 0.4) is 0 Å². The van der Waals surface area contributed by atoms with Crippen molar-refractivity contribution in [3.63, 3.8) is 0 Å². The maximum absolute atomic E-state index is 12.1. The highest BCUT2D eigenvalue weighted by Gasteiger charge is 2.17. The number of aryl methyl sites for hydroxylation is 1. The molecule has 4 rings (SSSR count). The van der Waals surface area contributed by atoms with E-state index in [2.05, 4.69) is 30.9 Å². The van der Waals surface area contributed by atoms with Crippen LogP contribution < -0.4 is 25.6 Å². The molecule has 10 nitrogen and oxygen atoms in total. The van der Waals surface area contributed by atoms with E-state index in [0.717, 1.165) is 11.3 Å². The van der Waals surface area contributed by atoms with Gasteiger partial charge in [-0.15, -0.1) is 0 Å². The Morgan fingerprint density at radius 1 is 1.03 bits per heavy atom. The second-order valence-electron chi connectivity index (χ2n) is 7.57. The van der Waals surface area contributed by atoms with Gasteiger partial charge < -0.3 is 30.3 Å². The molecule has 2 amide bonds. The van der Waals surface area contributed by atoms with Gasteiger partial charge in [0.05, 0.1) is 19.8 Å². The van der Waals surface area contributed by atoms with Gasteiger partial charge in [-0.2, -0.15) is 15.0 Å². The van der Waals surface area contributed by atoms with Crippen molar-refractivity contribution in [2.75, 3.05) is 55.0 Å². The number of urea groups is 1. The van der Waals surface area contributed by atoms with E-state index in [4.69, 9.17) is 21.1 Å². The SMILES string of the molecule is Cc1ccc(Nc2nc(OCCNC(=O)Nc3ccc(Cl)cc3)nc(N3CCOCC3)n2)cc1. The molecule has 11 heteroatoms. The highest BCUT2D eigenvalue weighted by atomic mass is 35.5. The molecule has 0 saturated carbocycles. The quantitative estimate of drug-likeness (QED) is 0.416. The monoisotopic (exact) mass is 483 g/mol. The lowest BCUT2D eigenvalue weighted by Crippen LogP contribution is -2.37. The van der Waals surface area contributed by atoms with Crippen LogP contribution in [0.25, 0.3) is 0 Å². The predicted molar refractivity (Wildman–Crippen MR) is 131 cm³/mol. The van der Waals surface area contributed by atoms with Crippen molar-refractivity contribution in [1.29, 1.82) is 0 Å². The summed E-state index contributed by atoms with van der Waals surface area (Å²) in [6.45, 7) is 5.05. The molecule has 3 N–H and O–H groups in total. The lowest BCUT2D eigenvalue weighted by atomic mass is 10.2. The van der Waals surface area contributed by atoms with Crippen molar-refractivity contribution < 1.29 is 14.3 Å². The standard InChI is InChI=1S/C23H26ClN7O3/c1-16-2-6-18(7-3-16)26-20-28-21(31-11-14-33-15-12-31)30-23(29-20)34-13-10-25-22(32)27-19-8-4-17(24)5-9-19/h2-9H,10-15H2,1H3,(H2,25,27,32)(H,26,28,29,30). The van der Waals surface area contributed by atoms with Crippen LogP contribution in [-0.2, 0) is 4.74 Å². The summed E-state index contributed by atoms with van der Waals surface area (Å²) in [6, 6.07) is 14.6. The minimum Gasteiger partial charge on any atom is -0.461 e. The second kappa shape index (κ2) is 11.5. The fourth-order valence-corrected chi connectivity index (χ4v) is 3.28. The lowest BCUT2D eigenvalue weighted by molar-refractivity contribution is 0.122. The van der Waals surface area contributed by atoms with Crippen molar-refractivity contribution in [3.05, 3.63) is 59.1 Å². The lowest BCUT2D eigenvalue weighted by Gasteiger charge is -2.27. The first-order valence-electron chi connectivity index (χ1n) is 10.9. The van der Waals surface area contributed by atoms with Crippen molar-refractivity contribution in [2.45, 2.75) is 6.92 Å². The Bertz CT molecular complexity index is 1090. The van der Waals surface area contributed by atoms with Crippen molar-refractivity contribution in [2.24, 2.45) is 0 Å². The molecule has 0 unspecified atom stereocenters.